The van der Waals surface area contributed by atoms with E-state index in [9.17, 15) is 0 Å². The third kappa shape index (κ3) is 1.38. The Bertz CT molecular complexity index is 379. The van der Waals surface area contributed by atoms with Crippen LogP contribution in [0.2, 0.25) is 10.0 Å². The van der Waals surface area contributed by atoms with Gasteiger partial charge in [-0.2, -0.15) is 0 Å². The third-order valence-electron chi connectivity index (χ3n) is 2.60. The highest BCUT2D eigenvalue weighted by Gasteiger charge is 2.25. The summed E-state index contributed by atoms with van der Waals surface area (Å²) in [5.74, 6) is 0.532. The van der Waals surface area contributed by atoms with E-state index >= 15 is 0 Å². The molecular formula is C10H11Cl2NO. The number of nitrogens with two attached hydrogens (primary N) is 1. The van der Waals surface area contributed by atoms with Crippen LogP contribution in [0.5, 0.6) is 5.75 Å². The van der Waals surface area contributed by atoms with Crippen molar-refractivity contribution in [3.63, 3.8) is 0 Å². The Kier molecular flexibility index (Phi) is 2.60. The standard InChI is InChI=1S/C10H11Cl2NO/c1-14-10-6(11)4-5-2-3-7(13)8(5)9(10)12/h4,7H,2-3,13H2,1H3. The van der Waals surface area contributed by atoms with Crippen LogP contribution in [0.1, 0.15) is 23.6 Å². The molecule has 1 atom stereocenters. The van der Waals surface area contributed by atoms with E-state index in [0.717, 1.165) is 24.0 Å². The lowest BCUT2D eigenvalue weighted by atomic mass is 10.1. The van der Waals surface area contributed by atoms with Gasteiger partial charge in [0.05, 0.1) is 17.2 Å². The molecule has 1 aliphatic rings. The van der Waals surface area contributed by atoms with Crippen LogP contribution in [-0.4, -0.2) is 7.11 Å². The molecule has 0 amide bonds. The van der Waals surface area contributed by atoms with Crippen LogP contribution in [0.25, 0.3) is 0 Å². The molecule has 4 heteroatoms. The van der Waals surface area contributed by atoms with Crippen LogP contribution < -0.4 is 10.5 Å². The van der Waals surface area contributed by atoms with E-state index in [4.69, 9.17) is 33.7 Å². The molecule has 1 aromatic rings. The molecule has 2 rings (SSSR count). The topological polar surface area (TPSA) is 35.2 Å². The fourth-order valence-corrected chi connectivity index (χ4v) is 2.71. The van der Waals surface area contributed by atoms with Gasteiger partial charge >= 0.3 is 0 Å². The lowest BCUT2D eigenvalue weighted by Gasteiger charge is -2.12. The number of aryl methyl sites for hydroxylation is 1. The first-order valence-corrected chi connectivity index (χ1v) is 5.21. The Balaban J connectivity index is 2.64. The molecule has 76 valence electrons. The van der Waals surface area contributed by atoms with E-state index in [0.29, 0.717) is 15.8 Å². The smallest absolute Gasteiger partial charge is 0.156 e. The maximum absolute atomic E-state index is 6.17. The molecule has 0 saturated heterocycles. The lowest BCUT2D eigenvalue weighted by Crippen LogP contribution is -2.06. The minimum Gasteiger partial charge on any atom is -0.494 e. The zero-order valence-corrected chi connectivity index (χ0v) is 9.32. The second kappa shape index (κ2) is 3.61. The number of hydrogen-bond acceptors (Lipinski definition) is 2. The van der Waals surface area contributed by atoms with E-state index in [1.807, 2.05) is 6.07 Å². The van der Waals surface area contributed by atoms with Crippen LogP contribution >= 0.6 is 23.2 Å². The van der Waals surface area contributed by atoms with Crippen LogP contribution in [-0.2, 0) is 6.42 Å². The highest BCUT2D eigenvalue weighted by atomic mass is 35.5. The number of rotatable bonds is 1. The number of fused-ring (bicyclic) bond motifs is 1. The van der Waals surface area contributed by atoms with Crippen molar-refractivity contribution in [1.29, 1.82) is 0 Å². The number of ether oxygens (including phenoxy) is 1. The fraction of sp³-hybridized carbons (Fsp3) is 0.400. The molecule has 2 nitrogen and oxygen atoms in total. The molecule has 0 fully saturated rings. The Morgan fingerprint density at radius 1 is 1.50 bits per heavy atom. The van der Waals surface area contributed by atoms with Crippen molar-refractivity contribution in [2.75, 3.05) is 7.11 Å². The summed E-state index contributed by atoms with van der Waals surface area (Å²) in [7, 11) is 1.56. The SMILES string of the molecule is COc1c(Cl)cc2c(c1Cl)C(N)CC2. The van der Waals surface area contributed by atoms with Gasteiger partial charge in [-0.05, 0) is 30.0 Å². The molecule has 0 heterocycles. The van der Waals surface area contributed by atoms with Crippen molar-refractivity contribution in [3.05, 3.63) is 27.2 Å². The Morgan fingerprint density at radius 3 is 2.86 bits per heavy atom. The van der Waals surface area contributed by atoms with E-state index in [1.54, 1.807) is 7.11 Å². The summed E-state index contributed by atoms with van der Waals surface area (Å²) in [4.78, 5) is 0. The Labute approximate surface area is 92.9 Å². The molecule has 1 unspecified atom stereocenters. The van der Waals surface area contributed by atoms with Gasteiger partial charge < -0.3 is 10.5 Å². The van der Waals surface area contributed by atoms with Crippen molar-refractivity contribution in [2.45, 2.75) is 18.9 Å². The minimum absolute atomic E-state index is 0.0173. The molecule has 1 aromatic carbocycles. The molecule has 0 saturated carbocycles. The number of benzene rings is 1. The molecule has 14 heavy (non-hydrogen) atoms. The maximum Gasteiger partial charge on any atom is 0.156 e. The Morgan fingerprint density at radius 2 is 2.21 bits per heavy atom. The summed E-state index contributed by atoms with van der Waals surface area (Å²) in [5.41, 5.74) is 8.08. The predicted octanol–water partition coefficient (Wildman–Crippen LogP) is 2.95. The lowest BCUT2D eigenvalue weighted by molar-refractivity contribution is 0.414. The van der Waals surface area contributed by atoms with Gasteiger partial charge in [-0.15, -0.1) is 0 Å². The van der Waals surface area contributed by atoms with Gasteiger partial charge in [0.1, 0.15) is 0 Å². The summed E-state index contributed by atoms with van der Waals surface area (Å²) >= 11 is 12.2. The molecular weight excluding hydrogens is 221 g/mol. The maximum atomic E-state index is 6.17. The first-order chi connectivity index (χ1) is 6.65. The van der Waals surface area contributed by atoms with E-state index < -0.39 is 0 Å². The van der Waals surface area contributed by atoms with Crippen molar-refractivity contribution in [1.82, 2.24) is 0 Å². The molecule has 1 aliphatic carbocycles. The van der Waals surface area contributed by atoms with Crippen molar-refractivity contribution in [3.8, 4) is 5.75 Å². The zero-order valence-electron chi connectivity index (χ0n) is 7.81. The van der Waals surface area contributed by atoms with Crippen molar-refractivity contribution < 1.29 is 4.74 Å². The quantitative estimate of drug-likeness (QED) is 0.807. The summed E-state index contributed by atoms with van der Waals surface area (Å²) in [6.07, 6.45) is 1.87. The zero-order chi connectivity index (χ0) is 10.3. The van der Waals surface area contributed by atoms with Gasteiger partial charge in [0, 0.05) is 6.04 Å². The largest absolute Gasteiger partial charge is 0.494 e. The van der Waals surface area contributed by atoms with Crippen LogP contribution in [0.3, 0.4) is 0 Å². The molecule has 0 spiro atoms. The van der Waals surface area contributed by atoms with Crippen LogP contribution in [0.15, 0.2) is 6.07 Å². The highest BCUT2D eigenvalue weighted by molar-refractivity contribution is 6.37. The summed E-state index contributed by atoms with van der Waals surface area (Å²) in [5, 5.41) is 1.13. The minimum atomic E-state index is 0.0173. The van der Waals surface area contributed by atoms with Crippen molar-refractivity contribution in [2.24, 2.45) is 5.73 Å². The highest BCUT2D eigenvalue weighted by Crippen LogP contribution is 2.44. The average Bonchev–Trinajstić information content (AvgIpc) is 2.48. The molecule has 0 aromatic heterocycles. The Hall–Kier alpha value is -0.440. The van der Waals surface area contributed by atoms with E-state index in [-0.39, 0.29) is 6.04 Å². The molecule has 0 radical (unpaired) electrons. The van der Waals surface area contributed by atoms with Gasteiger partial charge in [-0.25, -0.2) is 0 Å². The number of methoxy groups -OCH3 is 1. The summed E-state index contributed by atoms with van der Waals surface area (Å²) in [6.45, 7) is 0. The van der Waals surface area contributed by atoms with Gasteiger partial charge in [-0.1, -0.05) is 23.2 Å². The second-order valence-electron chi connectivity index (χ2n) is 3.42. The van der Waals surface area contributed by atoms with Gasteiger partial charge in [-0.3, -0.25) is 0 Å². The first kappa shape index (κ1) is 10.1. The second-order valence-corrected chi connectivity index (χ2v) is 4.21. The summed E-state index contributed by atoms with van der Waals surface area (Å²) in [6, 6.07) is 1.91. The molecule has 2 N–H and O–H groups in total. The van der Waals surface area contributed by atoms with E-state index in [2.05, 4.69) is 0 Å². The fourth-order valence-electron chi connectivity index (χ4n) is 1.91. The normalized spacial score (nSPS) is 19.6. The van der Waals surface area contributed by atoms with Crippen molar-refractivity contribution >= 4 is 23.2 Å². The van der Waals surface area contributed by atoms with Crippen LogP contribution in [0, 0.1) is 0 Å². The monoisotopic (exact) mass is 231 g/mol. The summed E-state index contributed by atoms with van der Waals surface area (Å²) < 4.78 is 5.13. The first-order valence-electron chi connectivity index (χ1n) is 4.45. The molecule has 0 bridgehead atoms. The number of hydrogen-bond donors (Lipinski definition) is 1. The van der Waals surface area contributed by atoms with E-state index in [1.165, 1.54) is 0 Å². The van der Waals surface area contributed by atoms with Gasteiger partial charge in [0.2, 0.25) is 0 Å². The average molecular weight is 232 g/mol. The van der Waals surface area contributed by atoms with Gasteiger partial charge in [0.15, 0.2) is 5.75 Å². The number of halogens is 2. The predicted molar refractivity (Wildman–Crippen MR) is 58.3 cm³/mol. The van der Waals surface area contributed by atoms with Gasteiger partial charge in [0.25, 0.3) is 0 Å². The molecule has 0 aliphatic heterocycles. The van der Waals surface area contributed by atoms with Crippen LogP contribution in [0.4, 0.5) is 0 Å². The third-order valence-corrected chi connectivity index (χ3v) is 3.26.